The maximum atomic E-state index is 13.2. The predicted molar refractivity (Wildman–Crippen MR) is 101 cm³/mol. The second-order valence-electron chi connectivity index (χ2n) is 7.49. The van der Waals surface area contributed by atoms with Gasteiger partial charge in [-0.3, -0.25) is 29.4 Å². The van der Waals surface area contributed by atoms with Crippen molar-refractivity contribution in [2.75, 3.05) is 5.32 Å². The number of carbonyl (C=O) groups excluding carboxylic acids is 3. The zero-order valence-electron chi connectivity index (χ0n) is 15.3. The smallest absolute Gasteiger partial charge is 0.404 e. The van der Waals surface area contributed by atoms with Crippen LogP contribution in [-0.4, -0.2) is 37.7 Å². The lowest BCUT2D eigenvalue weighted by molar-refractivity contribution is -0.402. The summed E-state index contributed by atoms with van der Waals surface area (Å²) in [6.07, 6.45) is 4.39. The summed E-state index contributed by atoms with van der Waals surface area (Å²) in [4.78, 5) is 50.3. The Balaban J connectivity index is 1.46. The molecule has 0 spiro atoms. The van der Waals surface area contributed by atoms with Crippen molar-refractivity contribution in [2.45, 2.75) is 18.9 Å². The number of nitrogens with zero attached hydrogens (tertiary/aromatic N) is 4. The number of fused-ring (bicyclic) bond motifs is 5. The van der Waals surface area contributed by atoms with Gasteiger partial charge in [-0.15, -0.1) is 10.2 Å². The number of furan rings is 1. The summed E-state index contributed by atoms with van der Waals surface area (Å²) in [6, 6.07) is 1.38. The zero-order chi connectivity index (χ0) is 21.0. The number of carbonyl (C=O) groups is 3. The van der Waals surface area contributed by atoms with E-state index in [1.807, 2.05) is 12.2 Å². The number of rotatable bonds is 6. The summed E-state index contributed by atoms with van der Waals surface area (Å²) in [5, 5.41) is 21.2. The molecule has 2 fully saturated rings. The van der Waals surface area contributed by atoms with Crippen LogP contribution in [0.15, 0.2) is 34.2 Å². The van der Waals surface area contributed by atoms with Crippen LogP contribution in [0.5, 0.6) is 0 Å². The molecule has 5 unspecified atom stereocenters. The van der Waals surface area contributed by atoms with Gasteiger partial charge in [0.05, 0.1) is 24.3 Å². The number of anilines is 1. The zero-order valence-corrected chi connectivity index (χ0v) is 16.2. The fraction of sp³-hybridized carbons (Fsp3) is 0.389. The van der Waals surface area contributed by atoms with E-state index in [1.165, 1.54) is 11.6 Å². The van der Waals surface area contributed by atoms with Crippen LogP contribution in [0.3, 0.4) is 0 Å². The molecule has 1 N–H and O–H groups in total. The van der Waals surface area contributed by atoms with E-state index < -0.39 is 34.6 Å². The van der Waals surface area contributed by atoms with Crippen molar-refractivity contribution in [2.24, 2.45) is 23.7 Å². The molecule has 3 heterocycles. The summed E-state index contributed by atoms with van der Waals surface area (Å²) in [5.41, 5.74) is 1.44. The number of likely N-dealkylation sites (tertiary alicyclic amines) is 1. The summed E-state index contributed by atoms with van der Waals surface area (Å²) in [6.45, 7) is 0. The molecule has 154 valence electrons. The number of aromatic nitrogens is 2. The topological polar surface area (TPSA) is 149 Å². The molecule has 2 bridgehead atoms. The van der Waals surface area contributed by atoms with E-state index in [0.717, 1.165) is 28.7 Å². The van der Waals surface area contributed by atoms with E-state index in [2.05, 4.69) is 15.5 Å². The molecule has 1 saturated carbocycles. The molecule has 1 aliphatic heterocycles. The van der Waals surface area contributed by atoms with Gasteiger partial charge >= 0.3 is 5.88 Å². The average Bonchev–Trinajstić information content (AvgIpc) is 3.51. The number of amides is 3. The number of hydrogen-bond acceptors (Lipinski definition) is 9. The van der Waals surface area contributed by atoms with Crippen molar-refractivity contribution < 1.29 is 23.7 Å². The van der Waals surface area contributed by atoms with Crippen LogP contribution in [0.2, 0.25) is 0 Å². The second-order valence-corrected chi connectivity index (χ2v) is 8.32. The molecule has 2 aromatic rings. The lowest BCUT2D eigenvalue weighted by atomic mass is 9.85. The van der Waals surface area contributed by atoms with Crippen LogP contribution in [0.25, 0.3) is 0 Å². The normalized spacial score (nSPS) is 27.5. The van der Waals surface area contributed by atoms with Crippen LogP contribution in [0.1, 0.15) is 24.6 Å². The first-order chi connectivity index (χ1) is 14.4. The van der Waals surface area contributed by atoms with E-state index in [1.54, 1.807) is 0 Å². The van der Waals surface area contributed by atoms with Crippen LogP contribution >= 0.6 is 11.3 Å². The Morgan fingerprint density at radius 3 is 2.57 bits per heavy atom. The molecule has 5 atom stereocenters. The Labute approximate surface area is 172 Å². The Hall–Kier alpha value is -3.41. The highest BCUT2D eigenvalue weighted by atomic mass is 32.1. The third kappa shape index (κ3) is 2.83. The fourth-order valence-electron chi connectivity index (χ4n) is 4.74. The average molecular weight is 429 g/mol. The standard InChI is InChI=1S/C18H15N5O6S/c24-12(20-18-21-19-7-30-18)6-10(11-3-4-13(29-11)23(27)28)22-16(25)14-8-1-2-9(5-8)15(14)17(22)26/h1-4,7-10,14-15H,5-6H2,(H,20,21,24). The molecule has 0 aromatic carbocycles. The van der Waals surface area contributed by atoms with Crippen molar-refractivity contribution in [3.05, 3.63) is 45.7 Å². The summed E-state index contributed by atoms with van der Waals surface area (Å²) in [7, 11) is 0. The van der Waals surface area contributed by atoms with E-state index in [9.17, 15) is 24.5 Å². The van der Waals surface area contributed by atoms with Crippen molar-refractivity contribution in [3.8, 4) is 0 Å². The van der Waals surface area contributed by atoms with Gasteiger partial charge in [-0.25, -0.2) is 0 Å². The SMILES string of the molecule is O=C(CC(c1ccc([N+](=O)[O-])o1)N1C(=O)C2C3C=CC(C3)C2C1=O)Nc1nncs1. The third-order valence-electron chi connectivity index (χ3n) is 5.92. The van der Waals surface area contributed by atoms with Gasteiger partial charge in [-0.1, -0.05) is 23.5 Å². The van der Waals surface area contributed by atoms with E-state index in [-0.39, 0.29) is 41.0 Å². The van der Waals surface area contributed by atoms with Gasteiger partial charge in [0.1, 0.15) is 22.2 Å². The molecule has 1 saturated heterocycles. The molecule has 2 aromatic heterocycles. The largest absolute Gasteiger partial charge is 0.433 e. The highest BCUT2D eigenvalue weighted by Crippen LogP contribution is 2.54. The predicted octanol–water partition coefficient (Wildman–Crippen LogP) is 1.92. The van der Waals surface area contributed by atoms with Crippen molar-refractivity contribution in [1.29, 1.82) is 0 Å². The van der Waals surface area contributed by atoms with Crippen LogP contribution in [-0.2, 0) is 14.4 Å². The Morgan fingerprint density at radius 2 is 2.00 bits per heavy atom. The molecule has 2 aliphatic carbocycles. The molecule has 30 heavy (non-hydrogen) atoms. The minimum absolute atomic E-state index is 0.00302. The van der Waals surface area contributed by atoms with Crippen molar-refractivity contribution in [3.63, 3.8) is 0 Å². The van der Waals surface area contributed by atoms with Crippen molar-refractivity contribution >= 4 is 40.1 Å². The van der Waals surface area contributed by atoms with Gasteiger partial charge in [0, 0.05) is 0 Å². The lowest BCUT2D eigenvalue weighted by Crippen LogP contribution is -2.38. The Morgan fingerprint density at radius 1 is 1.30 bits per heavy atom. The molecule has 5 rings (SSSR count). The number of hydrogen-bond donors (Lipinski definition) is 1. The van der Waals surface area contributed by atoms with Gasteiger partial charge in [0.15, 0.2) is 0 Å². The van der Waals surface area contributed by atoms with Gasteiger partial charge in [0.25, 0.3) is 0 Å². The first-order valence-electron chi connectivity index (χ1n) is 9.29. The van der Waals surface area contributed by atoms with Gasteiger partial charge in [-0.05, 0) is 24.3 Å². The van der Waals surface area contributed by atoms with Gasteiger partial charge < -0.3 is 9.73 Å². The quantitative estimate of drug-likeness (QED) is 0.317. The third-order valence-corrected chi connectivity index (χ3v) is 6.53. The maximum Gasteiger partial charge on any atom is 0.433 e. The fourth-order valence-corrected chi connectivity index (χ4v) is 5.21. The van der Waals surface area contributed by atoms with Gasteiger partial charge in [0.2, 0.25) is 22.9 Å². The van der Waals surface area contributed by atoms with E-state index >= 15 is 0 Å². The molecular weight excluding hydrogens is 414 g/mol. The highest BCUT2D eigenvalue weighted by molar-refractivity contribution is 7.13. The maximum absolute atomic E-state index is 13.2. The number of nitrogens with one attached hydrogen (secondary N) is 1. The molecule has 11 nitrogen and oxygen atoms in total. The highest BCUT2D eigenvalue weighted by Gasteiger charge is 2.61. The summed E-state index contributed by atoms with van der Waals surface area (Å²) >= 11 is 1.12. The van der Waals surface area contributed by atoms with Crippen LogP contribution in [0, 0.1) is 33.8 Å². The number of imide groups is 1. The van der Waals surface area contributed by atoms with Gasteiger partial charge in [-0.2, -0.15) is 0 Å². The first-order valence-corrected chi connectivity index (χ1v) is 10.2. The van der Waals surface area contributed by atoms with Crippen LogP contribution in [0.4, 0.5) is 11.0 Å². The van der Waals surface area contributed by atoms with Crippen LogP contribution < -0.4 is 5.32 Å². The lowest BCUT2D eigenvalue weighted by Gasteiger charge is -2.25. The molecule has 3 amide bonds. The Kier molecular flexibility index (Phi) is 4.24. The second kappa shape index (κ2) is 6.83. The molecule has 12 heteroatoms. The number of nitro groups is 1. The number of allylic oxidation sites excluding steroid dienone is 2. The van der Waals surface area contributed by atoms with Crippen molar-refractivity contribution in [1.82, 2.24) is 15.1 Å². The van der Waals surface area contributed by atoms with E-state index in [4.69, 9.17) is 4.42 Å². The first kappa shape index (κ1) is 18.6. The Bertz CT molecular complexity index is 1050. The monoisotopic (exact) mass is 429 g/mol. The summed E-state index contributed by atoms with van der Waals surface area (Å²) in [5.74, 6) is -2.67. The van der Waals surface area contributed by atoms with E-state index in [0.29, 0.717) is 0 Å². The minimum atomic E-state index is -1.09. The molecular formula is C18H15N5O6S. The molecule has 0 radical (unpaired) electrons. The summed E-state index contributed by atoms with van der Waals surface area (Å²) < 4.78 is 5.28. The molecule has 3 aliphatic rings. The minimum Gasteiger partial charge on any atom is -0.404 e.